The van der Waals surface area contributed by atoms with E-state index in [9.17, 15) is 9.18 Å². The van der Waals surface area contributed by atoms with Crippen molar-refractivity contribution in [1.29, 1.82) is 0 Å². The Bertz CT molecular complexity index is 670. The first kappa shape index (κ1) is 15.7. The van der Waals surface area contributed by atoms with E-state index < -0.39 is 5.82 Å². The average molecular weight is 350 g/mol. The highest BCUT2D eigenvalue weighted by Crippen LogP contribution is 2.23. The molecule has 0 unspecified atom stereocenters. The molecular weight excluding hydrogens is 333 g/mol. The Hall–Kier alpha value is -1.68. The van der Waals surface area contributed by atoms with E-state index in [-0.39, 0.29) is 11.5 Å². The van der Waals surface area contributed by atoms with Crippen molar-refractivity contribution in [2.45, 2.75) is 19.8 Å². The Labute approximate surface area is 132 Å². The fourth-order valence-electron chi connectivity index (χ4n) is 2.05. The van der Waals surface area contributed by atoms with Crippen molar-refractivity contribution in [2.24, 2.45) is 0 Å². The van der Waals surface area contributed by atoms with Crippen LogP contribution in [0.3, 0.4) is 0 Å². The van der Waals surface area contributed by atoms with Crippen LogP contribution in [0.5, 0.6) is 0 Å². The molecule has 1 amide bonds. The van der Waals surface area contributed by atoms with Crippen LogP contribution in [-0.2, 0) is 0 Å². The van der Waals surface area contributed by atoms with Gasteiger partial charge in [0, 0.05) is 17.2 Å². The first-order valence-corrected chi connectivity index (χ1v) is 7.52. The number of carbonyl (C=O) groups is 1. The van der Waals surface area contributed by atoms with Crippen LogP contribution < -0.4 is 4.90 Å². The Morgan fingerprint density at radius 1 is 1.19 bits per heavy atom. The predicted molar refractivity (Wildman–Crippen MR) is 87.4 cm³/mol. The van der Waals surface area contributed by atoms with Crippen LogP contribution in [0.1, 0.15) is 35.7 Å². The molecule has 0 atom stereocenters. The average Bonchev–Trinajstić information content (AvgIpc) is 2.48. The summed E-state index contributed by atoms with van der Waals surface area (Å²) in [6, 6.07) is 12.1. The van der Waals surface area contributed by atoms with Gasteiger partial charge in [0.25, 0.3) is 5.91 Å². The number of halogens is 2. The maximum Gasteiger partial charge on any atom is 0.261 e. The first-order valence-electron chi connectivity index (χ1n) is 6.73. The second kappa shape index (κ2) is 6.39. The zero-order valence-electron chi connectivity index (χ0n) is 12.2. The predicted octanol–water partition coefficient (Wildman–Crippen LogP) is 4.99. The highest BCUT2D eigenvalue weighted by molar-refractivity contribution is 9.10. The summed E-state index contributed by atoms with van der Waals surface area (Å²) in [5.74, 6) is -0.513. The molecule has 2 rings (SSSR count). The quantitative estimate of drug-likeness (QED) is 0.764. The minimum Gasteiger partial charge on any atom is -0.311 e. The number of amides is 1. The van der Waals surface area contributed by atoms with Gasteiger partial charge in [0.05, 0.1) is 5.56 Å². The summed E-state index contributed by atoms with van der Waals surface area (Å²) in [5.41, 5.74) is 1.95. The largest absolute Gasteiger partial charge is 0.311 e. The third-order valence-electron chi connectivity index (χ3n) is 3.39. The summed E-state index contributed by atoms with van der Waals surface area (Å²) >= 11 is 3.26. The molecule has 0 aliphatic heterocycles. The molecule has 110 valence electrons. The second-order valence-corrected chi connectivity index (χ2v) is 6.15. The van der Waals surface area contributed by atoms with Gasteiger partial charge in [-0.05, 0) is 41.8 Å². The molecule has 0 heterocycles. The lowest BCUT2D eigenvalue weighted by molar-refractivity contribution is 0.0989. The molecule has 2 nitrogen and oxygen atoms in total. The van der Waals surface area contributed by atoms with E-state index >= 15 is 0 Å². The van der Waals surface area contributed by atoms with Crippen LogP contribution in [0.15, 0.2) is 46.9 Å². The maximum absolute atomic E-state index is 13.8. The van der Waals surface area contributed by atoms with Crippen molar-refractivity contribution in [3.05, 3.63) is 63.9 Å². The Kier molecular flexibility index (Phi) is 4.78. The lowest BCUT2D eigenvalue weighted by atomic mass is 10.0. The van der Waals surface area contributed by atoms with Gasteiger partial charge in [0.1, 0.15) is 5.82 Å². The molecule has 0 saturated carbocycles. The molecule has 0 bridgehead atoms. The van der Waals surface area contributed by atoms with Crippen LogP contribution in [0, 0.1) is 5.82 Å². The van der Waals surface area contributed by atoms with Crippen molar-refractivity contribution in [1.82, 2.24) is 0 Å². The molecule has 0 aromatic heterocycles. The molecule has 2 aromatic rings. The van der Waals surface area contributed by atoms with Gasteiger partial charge < -0.3 is 4.90 Å². The lowest BCUT2D eigenvalue weighted by Crippen LogP contribution is -2.27. The van der Waals surface area contributed by atoms with Gasteiger partial charge in [0.2, 0.25) is 0 Å². The summed E-state index contributed by atoms with van der Waals surface area (Å²) in [4.78, 5) is 13.9. The van der Waals surface area contributed by atoms with Crippen molar-refractivity contribution in [3.63, 3.8) is 0 Å². The molecule has 0 aliphatic rings. The van der Waals surface area contributed by atoms with Crippen molar-refractivity contribution in [2.75, 3.05) is 11.9 Å². The number of nitrogens with zero attached hydrogens (tertiary/aromatic N) is 1. The monoisotopic (exact) mass is 349 g/mol. The van der Waals surface area contributed by atoms with E-state index in [1.807, 2.05) is 24.3 Å². The number of anilines is 1. The molecule has 4 heteroatoms. The van der Waals surface area contributed by atoms with E-state index in [1.165, 1.54) is 17.0 Å². The van der Waals surface area contributed by atoms with Gasteiger partial charge in [0.15, 0.2) is 0 Å². The summed E-state index contributed by atoms with van der Waals surface area (Å²) in [7, 11) is 1.65. The topological polar surface area (TPSA) is 20.3 Å². The molecular formula is C17H17BrFNO. The van der Waals surface area contributed by atoms with Crippen molar-refractivity contribution >= 4 is 27.5 Å². The van der Waals surface area contributed by atoms with E-state index in [1.54, 1.807) is 13.1 Å². The number of benzene rings is 2. The third-order valence-corrected chi connectivity index (χ3v) is 3.88. The van der Waals surface area contributed by atoms with Gasteiger partial charge in [-0.2, -0.15) is 0 Å². The lowest BCUT2D eigenvalue weighted by Gasteiger charge is -2.19. The minimum absolute atomic E-state index is 0.0572. The SMILES string of the molecule is CC(C)c1cccc(N(C)C(=O)c2cc(Br)ccc2F)c1. The van der Waals surface area contributed by atoms with Gasteiger partial charge in [-0.3, -0.25) is 4.79 Å². The van der Waals surface area contributed by atoms with E-state index in [0.29, 0.717) is 10.4 Å². The molecule has 21 heavy (non-hydrogen) atoms. The molecule has 0 aliphatic carbocycles. The number of rotatable bonds is 3. The Morgan fingerprint density at radius 2 is 1.90 bits per heavy atom. The fourth-order valence-corrected chi connectivity index (χ4v) is 2.41. The standard InChI is InChI=1S/C17H17BrFNO/c1-11(2)12-5-4-6-14(9-12)20(3)17(21)15-10-13(18)7-8-16(15)19/h4-11H,1-3H3. The third kappa shape index (κ3) is 3.50. The molecule has 0 spiro atoms. The summed E-state index contributed by atoms with van der Waals surface area (Å²) in [5, 5.41) is 0. The zero-order valence-corrected chi connectivity index (χ0v) is 13.8. The van der Waals surface area contributed by atoms with Crippen LogP contribution in [-0.4, -0.2) is 13.0 Å². The smallest absolute Gasteiger partial charge is 0.261 e. The van der Waals surface area contributed by atoms with Crippen LogP contribution >= 0.6 is 15.9 Å². The van der Waals surface area contributed by atoms with Crippen LogP contribution in [0.2, 0.25) is 0 Å². The van der Waals surface area contributed by atoms with Crippen LogP contribution in [0.4, 0.5) is 10.1 Å². The van der Waals surface area contributed by atoms with E-state index in [2.05, 4.69) is 29.8 Å². The van der Waals surface area contributed by atoms with Gasteiger partial charge in [-0.15, -0.1) is 0 Å². The molecule has 0 saturated heterocycles. The molecule has 0 radical (unpaired) electrons. The van der Waals surface area contributed by atoms with Crippen molar-refractivity contribution in [3.8, 4) is 0 Å². The second-order valence-electron chi connectivity index (χ2n) is 5.24. The van der Waals surface area contributed by atoms with E-state index in [0.717, 1.165) is 11.3 Å². The highest BCUT2D eigenvalue weighted by atomic mass is 79.9. The van der Waals surface area contributed by atoms with E-state index in [4.69, 9.17) is 0 Å². The molecule has 0 N–H and O–H groups in total. The number of hydrogen-bond donors (Lipinski definition) is 0. The minimum atomic E-state index is -0.518. The highest BCUT2D eigenvalue weighted by Gasteiger charge is 2.18. The van der Waals surface area contributed by atoms with Gasteiger partial charge >= 0.3 is 0 Å². The summed E-state index contributed by atoms with van der Waals surface area (Å²) in [6.45, 7) is 4.18. The fraction of sp³-hybridized carbons (Fsp3) is 0.235. The number of carbonyl (C=O) groups excluding carboxylic acids is 1. The normalized spacial score (nSPS) is 10.8. The Morgan fingerprint density at radius 3 is 2.57 bits per heavy atom. The number of hydrogen-bond acceptors (Lipinski definition) is 1. The first-order chi connectivity index (χ1) is 9.90. The van der Waals surface area contributed by atoms with Gasteiger partial charge in [-0.1, -0.05) is 41.9 Å². The van der Waals surface area contributed by atoms with Gasteiger partial charge in [-0.25, -0.2) is 4.39 Å². The summed E-state index contributed by atoms with van der Waals surface area (Å²) < 4.78 is 14.5. The summed E-state index contributed by atoms with van der Waals surface area (Å²) in [6.07, 6.45) is 0. The Balaban J connectivity index is 2.35. The molecule has 0 fully saturated rings. The van der Waals surface area contributed by atoms with Crippen molar-refractivity contribution < 1.29 is 9.18 Å². The zero-order chi connectivity index (χ0) is 15.6. The maximum atomic E-state index is 13.8. The van der Waals surface area contributed by atoms with Crippen LogP contribution in [0.25, 0.3) is 0 Å². The molecule has 2 aromatic carbocycles.